The zero-order chi connectivity index (χ0) is 15.4. The van der Waals surface area contributed by atoms with Gasteiger partial charge < -0.3 is 4.90 Å². The predicted octanol–water partition coefficient (Wildman–Crippen LogP) is 3.57. The third kappa shape index (κ3) is 2.48. The summed E-state index contributed by atoms with van der Waals surface area (Å²) < 4.78 is 9.19. The Balaban J connectivity index is 0.00000146. The van der Waals surface area contributed by atoms with Crippen molar-refractivity contribution in [2.24, 2.45) is 11.8 Å². The second-order valence-corrected chi connectivity index (χ2v) is 8.39. The van der Waals surface area contributed by atoms with Crippen LogP contribution in [-0.4, -0.2) is 39.0 Å². The molecule has 2 atom stereocenters. The highest BCUT2D eigenvalue weighted by Crippen LogP contribution is 2.69. The van der Waals surface area contributed by atoms with Gasteiger partial charge in [0.05, 0.1) is 23.2 Å². The summed E-state index contributed by atoms with van der Waals surface area (Å²) in [7, 11) is 0. The third-order valence-electron chi connectivity index (χ3n) is 5.35. The zero-order valence-electron chi connectivity index (χ0n) is 12.7. The van der Waals surface area contributed by atoms with Crippen molar-refractivity contribution in [1.29, 1.82) is 0 Å². The Kier molecular flexibility index (Phi) is 4.30. The summed E-state index contributed by atoms with van der Waals surface area (Å²) >= 11 is 8.96. The fourth-order valence-corrected chi connectivity index (χ4v) is 6.00. The molecule has 0 amide bonds. The first-order valence-electron chi connectivity index (χ1n) is 7.70. The Labute approximate surface area is 160 Å². The van der Waals surface area contributed by atoms with Crippen molar-refractivity contribution in [3.8, 4) is 11.8 Å². The quantitative estimate of drug-likeness (QED) is 0.586. The van der Waals surface area contributed by atoms with Gasteiger partial charge in [-0.1, -0.05) is 35.2 Å². The van der Waals surface area contributed by atoms with Crippen molar-refractivity contribution in [2.45, 2.75) is 10.4 Å². The minimum atomic E-state index is 0. The average molecular weight is 396 g/mol. The van der Waals surface area contributed by atoms with Gasteiger partial charge >= 0.3 is 0 Å². The second-order valence-electron chi connectivity index (χ2n) is 6.46. The van der Waals surface area contributed by atoms with Crippen LogP contribution in [0.1, 0.15) is 11.3 Å². The number of hydrogen-bond acceptors (Lipinski definition) is 5. The van der Waals surface area contributed by atoms with Gasteiger partial charge in [0, 0.05) is 35.6 Å². The standard InChI is InChI=1S/C17H14ClN3S2.ClH/c18-12-5-3-11(4-6-12)2-1-7-22-16-15(19-23-20-16)17-10-21-8-13(17)14(17)9-21;/h3-6,13-14H,7-10H2;1H. The number of hydrogen-bond donors (Lipinski definition) is 0. The first-order chi connectivity index (χ1) is 11.3. The normalized spacial score (nSPS) is 31.3. The van der Waals surface area contributed by atoms with E-state index in [-0.39, 0.29) is 12.4 Å². The number of rotatable bonds is 3. The molecule has 4 fully saturated rings. The highest BCUT2D eigenvalue weighted by molar-refractivity contribution is 7.99. The zero-order valence-corrected chi connectivity index (χ0v) is 15.9. The Morgan fingerprint density at radius 2 is 2.00 bits per heavy atom. The van der Waals surface area contributed by atoms with Gasteiger partial charge in [-0.15, -0.1) is 12.4 Å². The molecule has 6 rings (SSSR count). The molecule has 7 heteroatoms. The molecule has 0 spiro atoms. The Morgan fingerprint density at radius 1 is 1.25 bits per heavy atom. The van der Waals surface area contributed by atoms with Gasteiger partial charge in [-0.2, -0.15) is 8.75 Å². The molecule has 2 unspecified atom stereocenters. The molecule has 0 N–H and O–H groups in total. The van der Waals surface area contributed by atoms with Gasteiger partial charge in [0.15, 0.2) is 0 Å². The lowest BCUT2D eigenvalue weighted by molar-refractivity contribution is 0.405. The van der Waals surface area contributed by atoms with Crippen LogP contribution in [0.4, 0.5) is 0 Å². The van der Waals surface area contributed by atoms with Gasteiger partial charge in [0.2, 0.25) is 0 Å². The van der Waals surface area contributed by atoms with E-state index in [1.807, 2.05) is 24.3 Å². The molecule has 2 aromatic rings. The summed E-state index contributed by atoms with van der Waals surface area (Å²) in [6, 6.07) is 7.64. The van der Waals surface area contributed by atoms with E-state index in [4.69, 9.17) is 11.6 Å². The summed E-state index contributed by atoms with van der Waals surface area (Å²) in [5, 5.41) is 1.85. The molecular formula is C17H15Cl2N3S2. The van der Waals surface area contributed by atoms with E-state index in [0.29, 0.717) is 5.41 Å². The first kappa shape index (κ1) is 16.7. The minimum absolute atomic E-state index is 0. The molecule has 24 heavy (non-hydrogen) atoms. The van der Waals surface area contributed by atoms with E-state index in [0.717, 1.165) is 33.2 Å². The molecule has 124 valence electrons. The first-order valence-corrected chi connectivity index (χ1v) is 9.79. The van der Waals surface area contributed by atoms with Crippen molar-refractivity contribution in [2.75, 3.05) is 25.4 Å². The van der Waals surface area contributed by atoms with Crippen molar-refractivity contribution in [1.82, 2.24) is 13.6 Å². The van der Waals surface area contributed by atoms with Crippen LogP contribution in [0, 0.1) is 23.7 Å². The fraction of sp³-hybridized carbons (Fsp3) is 0.412. The predicted molar refractivity (Wildman–Crippen MR) is 101 cm³/mol. The van der Waals surface area contributed by atoms with Crippen LogP contribution in [0.15, 0.2) is 29.3 Å². The Hall–Kier alpha value is -0.770. The third-order valence-corrected chi connectivity index (χ3v) is 7.09. The Bertz CT molecular complexity index is 812. The maximum atomic E-state index is 5.88. The molecule has 3 saturated heterocycles. The van der Waals surface area contributed by atoms with Crippen molar-refractivity contribution < 1.29 is 0 Å². The van der Waals surface area contributed by atoms with E-state index in [2.05, 4.69) is 25.5 Å². The monoisotopic (exact) mass is 395 g/mol. The molecule has 4 heterocycles. The largest absolute Gasteiger partial charge is 0.302 e. The lowest BCUT2D eigenvalue weighted by atomic mass is 10.0. The topological polar surface area (TPSA) is 29.0 Å². The molecule has 1 aliphatic carbocycles. The van der Waals surface area contributed by atoms with Crippen LogP contribution < -0.4 is 0 Å². The number of halogens is 2. The SMILES string of the molecule is Cl.Clc1ccc(C#CCSc2nsnc2C23CN4CC2C3C4)cc1. The van der Waals surface area contributed by atoms with Crippen molar-refractivity contribution in [3.63, 3.8) is 0 Å². The number of thioether (sulfide) groups is 1. The minimum Gasteiger partial charge on any atom is -0.302 e. The van der Waals surface area contributed by atoms with Gasteiger partial charge in [-0.3, -0.25) is 0 Å². The molecule has 3 aliphatic heterocycles. The summed E-state index contributed by atoms with van der Waals surface area (Å²) in [5.41, 5.74) is 2.60. The van der Waals surface area contributed by atoms with Crippen LogP contribution in [0.5, 0.6) is 0 Å². The van der Waals surface area contributed by atoms with E-state index in [9.17, 15) is 0 Å². The summed E-state index contributed by atoms with van der Waals surface area (Å²) in [6.07, 6.45) is 0. The maximum Gasteiger partial charge on any atom is 0.135 e. The van der Waals surface area contributed by atoms with Gasteiger partial charge in [0.25, 0.3) is 0 Å². The number of aromatic nitrogens is 2. The van der Waals surface area contributed by atoms with Crippen LogP contribution in [0.3, 0.4) is 0 Å². The molecule has 0 radical (unpaired) electrons. The Morgan fingerprint density at radius 3 is 2.67 bits per heavy atom. The molecule has 1 saturated carbocycles. The van der Waals surface area contributed by atoms with Crippen LogP contribution in [0.25, 0.3) is 0 Å². The summed E-state index contributed by atoms with van der Waals surface area (Å²) in [6.45, 7) is 3.73. The maximum absolute atomic E-state index is 5.88. The van der Waals surface area contributed by atoms with E-state index in [1.165, 1.54) is 37.1 Å². The number of nitrogens with zero attached hydrogens (tertiary/aromatic N) is 3. The van der Waals surface area contributed by atoms with E-state index >= 15 is 0 Å². The highest BCUT2D eigenvalue weighted by Gasteiger charge is 2.76. The summed E-state index contributed by atoms with van der Waals surface area (Å²) in [4.78, 5) is 2.57. The molecule has 1 aromatic carbocycles. The van der Waals surface area contributed by atoms with E-state index < -0.39 is 0 Å². The molecular weight excluding hydrogens is 381 g/mol. The van der Waals surface area contributed by atoms with Crippen molar-refractivity contribution in [3.05, 3.63) is 40.5 Å². The van der Waals surface area contributed by atoms with Crippen molar-refractivity contribution >= 4 is 47.5 Å². The van der Waals surface area contributed by atoms with Gasteiger partial charge in [-0.25, -0.2) is 0 Å². The molecule has 1 aromatic heterocycles. The van der Waals surface area contributed by atoms with Gasteiger partial charge in [0.1, 0.15) is 5.03 Å². The molecule has 4 aliphatic rings. The fourth-order valence-electron chi connectivity index (χ4n) is 4.31. The smallest absolute Gasteiger partial charge is 0.135 e. The summed E-state index contributed by atoms with van der Waals surface area (Å²) in [5.74, 6) is 8.82. The lowest BCUT2D eigenvalue weighted by Crippen LogP contribution is -2.16. The average Bonchev–Trinajstić information content (AvgIpc) is 3.15. The highest BCUT2D eigenvalue weighted by atomic mass is 35.5. The number of benzene rings is 1. The second kappa shape index (κ2) is 6.19. The molecule has 3 nitrogen and oxygen atoms in total. The molecule has 4 bridgehead atoms. The number of piperidine rings is 3. The van der Waals surface area contributed by atoms with Crippen LogP contribution in [0.2, 0.25) is 5.02 Å². The van der Waals surface area contributed by atoms with Crippen LogP contribution in [-0.2, 0) is 5.41 Å². The van der Waals surface area contributed by atoms with E-state index in [1.54, 1.807) is 11.8 Å². The van der Waals surface area contributed by atoms with Crippen LogP contribution >= 0.6 is 47.5 Å². The van der Waals surface area contributed by atoms with Gasteiger partial charge in [-0.05, 0) is 36.1 Å². The lowest BCUT2D eigenvalue weighted by Gasteiger charge is -2.08.